The van der Waals surface area contributed by atoms with E-state index >= 15 is 0 Å². The number of thiophene rings is 1. The van der Waals surface area contributed by atoms with Gasteiger partial charge in [-0.05, 0) is 25.5 Å². The second-order valence-electron chi connectivity index (χ2n) is 4.25. The highest BCUT2D eigenvalue weighted by Crippen LogP contribution is 2.20. The molecule has 90 valence electrons. The number of hydrogen-bond acceptors (Lipinski definition) is 2. The lowest BCUT2D eigenvalue weighted by molar-refractivity contribution is 0.578. The molecule has 0 unspecified atom stereocenters. The Kier molecular flexibility index (Phi) is 4.21. The first-order chi connectivity index (χ1) is 8.15. The topological polar surface area (TPSA) is 12.0 Å². The predicted octanol–water partition coefficient (Wildman–Crippen LogP) is 4.56. The van der Waals surface area contributed by atoms with E-state index in [0.717, 1.165) is 11.6 Å². The normalized spacial score (nSPS) is 12.6. The number of nitrogens with one attached hydrogen (secondary N) is 1. The lowest BCUT2D eigenvalue weighted by Crippen LogP contribution is -2.17. The van der Waals surface area contributed by atoms with E-state index in [9.17, 15) is 0 Å². The predicted molar refractivity (Wildman–Crippen MR) is 75.8 cm³/mol. The molecule has 1 heterocycles. The fourth-order valence-corrected chi connectivity index (χ4v) is 2.78. The fraction of sp³-hybridized carbons (Fsp3) is 0.286. The highest BCUT2D eigenvalue weighted by Gasteiger charge is 2.05. The maximum atomic E-state index is 5.90. The van der Waals surface area contributed by atoms with Gasteiger partial charge in [0.25, 0.3) is 0 Å². The molecule has 0 spiro atoms. The van der Waals surface area contributed by atoms with Gasteiger partial charge in [-0.25, -0.2) is 0 Å². The molecule has 0 fully saturated rings. The molecule has 17 heavy (non-hydrogen) atoms. The second kappa shape index (κ2) is 5.67. The van der Waals surface area contributed by atoms with E-state index in [1.165, 1.54) is 16.0 Å². The Morgan fingerprint density at radius 2 is 2.18 bits per heavy atom. The molecule has 3 heteroatoms. The highest BCUT2D eigenvalue weighted by molar-refractivity contribution is 7.10. The highest BCUT2D eigenvalue weighted by atomic mass is 35.5. The molecule has 0 aliphatic carbocycles. The van der Waals surface area contributed by atoms with Gasteiger partial charge in [0, 0.05) is 22.8 Å². The summed E-state index contributed by atoms with van der Waals surface area (Å²) in [6.45, 7) is 5.17. The molecule has 0 saturated carbocycles. The third-order valence-electron chi connectivity index (χ3n) is 2.75. The van der Waals surface area contributed by atoms with Crippen molar-refractivity contribution in [3.63, 3.8) is 0 Å². The van der Waals surface area contributed by atoms with Crippen LogP contribution in [0.15, 0.2) is 35.7 Å². The van der Waals surface area contributed by atoms with E-state index in [4.69, 9.17) is 11.6 Å². The largest absolute Gasteiger partial charge is 0.305 e. The smallest absolute Gasteiger partial charge is 0.0516 e. The zero-order chi connectivity index (χ0) is 12.3. The molecule has 1 aromatic carbocycles. The van der Waals surface area contributed by atoms with Gasteiger partial charge in [0.05, 0.1) is 5.02 Å². The Hall–Kier alpha value is -0.830. The Balaban J connectivity index is 1.95. The van der Waals surface area contributed by atoms with Crippen LogP contribution in [-0.2, 0) is 6.54 Å². The van der Waals surface area contributed by atoms with Gasteiger partial charge < -0.3 is 5.32 Å². The lowest BCUT2D eigenvalue weighted by atomic mass is 10.1. The molecule has 0 aliphatic heterocycles. The number of rotatable bonds is 4. The molecule has 0 aliphatic rings. The summed E-state index contributed by atoms with van der Waals surface area (Å²) in [4.78, 5) is 1.27. The molecule has 1 aromatic heterocycles. The first kappa shape index (κ1) is 12.6. The molecule has 1 atom stereocenters. The average molecular weight is 266 g/mol. The van der Waals surface area contributed by atoms with Crippen LogP contribution in [0.1, 0.15) is 29.0 Å². The monoisotopic (exact) mass is 265 g/mol. The van der Waals surface area contributed by atoms with Gasteiger partial charge in [-0.1, -0.05) is 41.4 Å². The molecule has 0 bridgehead atoms. The minimum Gasteiger partial charge on any atom is -0.305 e. The van der Waals surface area contributed by atoms with E-state index < -0.39 is 0 Å². The molecule has 2 aromatic rings. The number of hydrogen-bond donors (Lipinski definition) is 1. The summed E-state index contributed by atoms with van der Waals surface area (Å²) in [6.07, 6.45) is 0. The van der Waals surface area contributed by atoms with Crippen molar-refractivity contribution in [2.24, 2.45) is 0 Å². The first-order valence-corrected chi connectivity index (χ1v) is 6.94. The van der Waals surface area contributed by atoms with Crippen LogP contribution >= 0.6 is 22.9 Å². The minimum atomic E-state index is 0.357. The molecule has 1 nitrogen and oxygen atoms in total. The molecule has 1 N–H and O–H groups in total. The molecule has 2 rings (SSSR count). The molecule has 0 radical (unpaired) electrons. The number of benzene rings is 1. The SMILES string of the molecule is Cc1cccc([C@H](C)NCc2cc(Cl)cs2)c1. The van der Waals surface area contributed by atoms with Crippen LogP contribution in [0, 0.1) is 6.92 Å². The van der Waals surface area contributed by atoms with Crippen LogP contribution in [0.3, 0.4) is 0 Å². The lowest BCUT2D eigenvalue weighted by Gasteiger charge is -2.14. The van der Waals surface area contributed by atoms with Gasteiger partial charge in [-0.15, -0.1) is 11.3 Å². The summed E-state index contributed by atoms with van der Waals surface area (Å²) in [5.41, 5.74) is 2.63. The van der Waals surface area contributed by atoms with Gasteiger partial charge in [-0.3, -0.25) is 0 Å². The summed E-state index contributed by atoms with van der Waals surface area (Å²) in [5, 5.41) is 6.30. The van der Waals surface area contributed by atoms with Gasteiger partial charge in [0.2, 0.25) is 0 Å². The summed E-state index contributed by atoms with van der Waals surface area (Å²) in [6, 6.07) is 11.0. The van der Waals surface area contributed by atoms with Crippen molar-refractivity contribution in [2.45, 2.75) is 26.4 Å². The number of aryl methyl sites for hydroxylation is 1. The fourth-order valence-electron chi connectivity index (χ4n) is 1.76. The molecule has 0 amide bonds. The van der Waals surface area contributed by atoms with Crippen molar-refractivity contribution in [1.82, 2.24) is 5.32 Å². The van der Waals surface area contributed by atoms with E-state index in [1.807, 2.05) is 11.4 Å². The zero-order valence-corrected chi connectivity index (χ0v) is 11.6. The summed E-state index contributed by atoms with van der Waals surface area (Å²) >= 11 is 7.59. The van der Waals surface area contributed by atoms with Gasteiger partial charge >= 0.3 is 0 Å². The van der Waals surface area contributed by atoms with Gasteiger partial charge in [-0.2, -0.15) is 0 Å². The third kappa shape index (κ3) is 3.56. The first-order valence-electron chi connectivity index (χ1n) is 5.68. The Labute approximate surface area is 111 Å². The van der Waals surface area contributed by atoms with Crippen molar-refractivity contribution in [3.8, 4) is 0 Å². The average Bonchev–Trinajstić information content (AvgIpc) is 2.72. The Morgan fingerprint density at radius 3 is 2.82 bits per heavy atom. The summed E-state index contributed by atoms with van der Waals surface area (Å²) in [5.74, 6) is 0. The quantitative estimate of drug-likeness (QED) is 0.855. The standard InChI is InChI=1S/C14H16ClNS/c1-10-4-3-5-12(6-10)11(2)16-8-14-7-13(15)9-17-14/h3-7,9,11,16H,8H2,1-2H3/t11-/m0/s1. The van der Waals surface area contributed by atoms with Crippen molar-refractivity contribution >= 4 is 22.9 Å². The van der Waals surface area contributed by atoms with Crippen LogP contribution in [0.2, 0.25) is 5.02 Å². The van der Waals surface area contributed by atoms with E-state index in [0.29, 0.717) is 6.04 Å². The van der Waals surface area contributed by atoms with Crippen molar-refractivity contribution in [2.75, 3.05) is 0 Å². The van der Waals surface area contributed by atoms with Crippen LogP contribution in [0.25, 0.3) is 0 Å². The summed E-state index contributed by atoms with van der Waals surface area (Å²) < 4.78 is 0. The van der Waals surface area contributed by atoms with Gasteiger partial charge in [0.1, 0.15) is 0 Å². The van der Waals surface area contributed by atoms with Crippen molar-refractivity contribution in [1.29, 1.82) is 0 Å². The van der Waals surface area contributed by atoms with E-state index in [1.54, 1.807) is 11.3 Å². The molecule has 0 saturated heterocycles. The van der Waals surface area contributed by atoms with Gasteiger partial charge in [0.15, 0.2) is 0 Å². The number of halogens is 1. The van der Waals surface area contributed by atoms with Crippen LogP contribution in [0.4, 0.5) is 0 Å². The van der Waals surface area contributed by atoms with Crippen molar-refractivity contribution in [3.05, 3.63) is 56.7 Å². The maximum absolute atomic E-state index is 5.90. The Bertz CT molecular complexity index is 492. The molecular formula is C14H16ClNS. The third-order valence-corrected chi connectivity index (χ3v) is 4.03. The molecular weight excluding hydrogens is 250 g/mol. The van der Waals surface area contributed by atoms with Crippen LogP contribution < -0.4 is 5.32 Å². The Morgan fingerprint density at radius 1 is 1.35 bits per heavy atom. The summed E-state index contributed by atoms with van der Waals surface area (Å²) in [7, 11) is 0. The van der Waals surface area contributed by atoms with Crippen LogP contribution in [-0.4, -0.2) is 0 Å². The maximum Gasteiger partial charge on any atom is 0.0516 e. The van der Waals surface area contributed by atoms with E-state index in [-0.39, 0.29) is 0 Å². The minimum absolute atomic E-state index is 0.357. The van der Waals surface area contributed by atoms with Crippen molar-refractivity contribution < 1.29 is 0 Å². The second-order valence-corrected chi connectivity index (χ2v) is 5.68. The van der Waals surface area contributed by atoms with Crippen LogP contribution in [0.5, 0.6) is 0 Å². The van der Waals surface area contributed by atoms with E-state index in [2.05, 4.69) is 43.4 Å². The zero-order valence-electron chi connectivity index (χ0n) is 10.0.